The lowest BCUT2D eigenvalue weighted by atomic mass is 10.1. The van der Waals surface area contributed by atoms with Crippen molar-refractivity contribution in [2.45, 2.75) is 86.5 Å². The van der Waals surface area contributed by atoms with E-state index in [4.69, 9.17) is 29.8 Å². The van der Waals surface area contributed by atoms with Crippen molar-refractivity contribution in [3.63, 3.8) is 0 Å². The average molecular weight is 1270 g/mol. The van der Waals surface area contributed by atoms with E-state index in [0.29, 0.717) is 101 Å². The second-order valence-electron chi connectivity index (χ2n) is 17.5. The van der Waals surface area contributed by atoms with Gasteiger partial charge in [-0.15, -0.1) is 0 Å². The summed E-state index contributed by atoms with van der Waals surface area (Å²) in [5, 5.41) is 19.8. The molecule has 26 nitrogen and oxygen atoms in total. The molecule has 0 aromatic carbocycles. The normalized spacial score (nSPS) is 13.0. The molecule has 7 rings (SSSR count). The zero-order chi connectivity index (χ0) is 60.1. The van der Waals surface area contributed by atoms with Gasteiger partial charge in [-0.05, 0) is 120 Å². The molecule has 0 bridgehead atoms. The molecule has 0 radical (unpaired) electrons. The summed E-state index contributed by atoms with van der Waals surface area (Å²) in [7, 11) is 0. The average Bonchev–Trinajstić information content (AvgIpc) is 3.44. The van der Waals surface area contributed by atoms with Crippen LogP contribution < -0.4 is 27.0 Å². The fraction of sp³-hybridized carbons (Fsp3) is 0.389. The number of nitrogen functional groups attached to an aromatic ring is 1. The highest BCUT2D eigenvalue weighted by molar-refractivity contribution is 9.10. The summed E-state index contributed by atoms with van der Waals surface area (Å²) in [4.78, 5) is 123. The Hall–Kier alpha value is -8.37. The highest BCUT2D eigenvalue weighted by Gasteiger charge is 2.27. The Labute approximate surface area is 490 Å². The zero-order valence-corrected chi connectivity index (χ0v) is 49.1. The maximum atomic E-state index is 12.0. The minimum atomic E-state index is -1.05. The number of nitrogens with zero attached hydrogens (tertiary/aromatic N) is 7. The maximum Gasteiger partial charge on any atom is 0.328 e. The van der Waals surface area contributed by atoms with Crippen molar-refractivity contribution in [2.24, 2.45) is 0 Å². The van der Waals surface area contributed by atoms with Crippen LogP contribution in [-0.4, -0.2) is 146 Å². The molecule has 3 aliphatic heterocycles. The van der Waals surface area contributed by atoms with Crippen molar-refractivity contribution in [3.05, 3.63) is 104 Å². The number of pyridine rings is 4. The fourth-order valence-corrected chi connectivity index (χ4v) is 8.13. The molecule has 0 saturated carbocycles. The number of nitrogens with two attached hydrogens (primary N) is 1. The summed E-state index contributed by atoms with van der Waals surface area (Å²) in [6, 6.07) is 6.55. The topological polar surface area (TPSA) is 346 Å². The van der Waals surface area contributed by atoms with Crippen molar-refractivity contribution in [3.8, 4) is 0 Å². The van der Waals surface area contributed by atoms with E-state index in [1.54, 1.807) is 63.3 Å². The van der Waals surface area contributed by atoms with Gasteiger partial charge in [0, 0.05) is 94.8 Å². The van der Waals surface area contributed by atoms with Crippen molar-refractivity contribution >= 4 is 121 Å². The Morgan fingerprint density at radius 3 is 1.38 bits per heavy atom. The van der Waals surface area contributed by atoms with Crippen LogP contribution in [0, 0.1) is 0 Å². The van der Waals surface area contributed by atoms with Crippen molar-refractivity contribution < 1.29 is 67.2 Å². The minimum absolute atomic E-state index is 0.0490. The summed E-state index contributed by atoms with van der Waals surface area (Å²) in [5.41, 5.74) is 10.5. The lowest BCUT2D eigenvalue weighted by Gasteiger charge is -2.28. The Morgan fingerprint density at radius 1 is 0.585 bits per heavy atom. The highest BCUT2D eigenvalue weighted by Crippen LogP contribution is 2.26. The van der Waals surface area contributed by atoms with Crippen LogP contribution in [0.1, 0.15) is 93.7 Å². The van der Waals surface area contributed by atoms with Crippen molar-refractivity contribution in [1.82, 2.24) is 40.0 Å². The van der Waals surface area contributed by atoms with Crippen molar-refractivity contribution in [2.75, 3.05) is 74.3 Å². The Kier molecular flexibility index (Phi) is 28.0. The number of carboxylic acids is 1. The van der Waals surface area contributed by atoms with Crippen LogP contribution in [-0.2, 0) is 73.9 Å². The number of hydrogen-bond donors (Lipinski definition) is 6. The van der Waals surface area contributed by atoms with Gasteiger partial charge >= 0.3 is 47.9 Å². The molecular formula is C54H66Br2N12O14. The zero-order valence-electron chi connectivity index (χ0n) is 46.0. The Bertz CT molecular complexity index is 2870. The SMILES string of the molecule is CCOC(=O)CCN1Cc2cc(/C=C/C(=O)O)cnc2NC1=O.CCOC(=O)CCN1Cc2cc(/C=C/C(C)=O)cnc2NC1=O.CCOC(=O)CCN1Cc2cc(Br)cnc2NC1=O.CCOC(=O)CCNCc1cc(Br)cnc1N. The maximum absolute atomic E-state index is 12.0. The first-order valence-corrected chi connectivity index (χ1v) is 27.4. The number of urea groups is 3. The highest BCUT2D eigenvalue weighted by atomic mass is 79.9. The number of esters is 4. The van der Waals surface area contributed by atoms with Gasteiger partial charge in [0.15, 0.2) is 5.78 Å². The molecule has 28 heteroatoms. The van der Waals surface area contributed by atoms with Crippen LogP contribution in [0.15, 0.2) is 70.2 Å². The minimum Gasteiger partial charge on any atom is -0.478 e. The molecule has 440 valence electrons. The van der Waals surface area contributed by atoms with Gasteiger partial charge in [-0.25, -0.2) is 39.1 Å². The molecule has 6 amide bonds. The van der Waals surface area contributed by atoms with Crippen LogP contribution in [0.4, 0.5) is 37.7 Å². The third-order valence-corrected chi connectivity index (χ3v) is 12.1. The molecule has 7 heterocycles. The molecule has 4 aromatic heterocycles. The number of rotatable bonds is 22. The number of ketones is 1. The molecule has 7 N–H and O–H groups in total. The smallest absolute Gasteiger partial charge is 0.328 e. The molecule has 0 fully saturated rings. The number of carboxylic acid groups (broad SMARTS) is 1. The number of aromatic nitrogens is 4. The molecule has 4 aromatic rings. The number of ether oxygens (including phenoxy) is 4. The van der Waals surface area contributed by atoms with Gasteiger partial charge in [-0.3, -0.25) is 39.9 Å². The van der Waals surface area contributed by atoms with Crippen molar-refractivity contribution in [1.29, 1.82) is 0 Å². The number of nitrogens with one attached hydrogen (secondary N) is 4. The van der Waals surface area contributed by atoms with Gasteiger partial charge in [0.2, 0.25) is 0 Å². The number of carbonyl (C=O) groups is 9. The van der Waals surface area contributed by atoms with Crippen LogP contribution >= 0.6 is 31.9 Å². The molecule has 0 aliphatic carbocycles. The lowest BCUT2D eigenvalue weighted by molar-refractivity contribution is -0.144. The van der Waals surface area contributed by atoms with Gasteiger partial charge in [0.05, 0.1) is 71.7 Å². The predicted octanol–water partition coefficient (Wildman–Crippen LogP) is 7.08. The molecule has 0 atom stereocenters. The number of aliphatic carboxylic acids is 1. The first-order valence-electron chi connectivity index (χ1n) is 25.8. The van der Waals surface area contributed by atoms with Gasteiger partial charge < -0.3 is 49.8 Å². The third-order valence-electron chi connectivity index (χ3n) is 11.2. The van der Waals surface area contributed by atoms with E-state index < -0.39 is 5.97 Å². The fourth-order valence-electron chi connectivity index (χ4n) is 7.37. The summed E-state index contributed by atoms with van der Waals surface area (Å²) in [6.07, 6.45) is 12.7. The molecule has 82 heavy (non-hydrogen) atoms. The van der Waals surface area contributed by atoms with E-state index >= 15 is 0 Å². The molecule has 0 spiro atoms. The summed E-state index contributed by atoms with van der Waals surface area (Å²) in [6.45, 7) is 12.9. The Morgan fingerprint density at radius 2 is 0.963 bits per heavy atom. The van der Waals surface area contributed by atoms with Gasteiger partial charge in [-0.2, -0.15) is 0 Å². The number of allylic oxidation sites excluding steroid dienone is 1. The quantitative estimate of drug-likeness (QED) is 0.0198. The molecule has 0 saturated heterocycles. The molecule has 3 aliphatic rings. The number of amides is 6. The number of halogens is 2. The third kappa shape index (κ3) is 23.4. The van der Waals surface area contributed by atoms with Gasteiger partial charge in [0.25, 0.3) is 0 Å². The second kappa shape index (κ2) is 34.7. The summed E-state index contributed by atoms with van der Waals surface area (Å²) >= 11 is 6.67. The van der Waals surface area contributed by atoms with Gasteiger partial charge in [-0.1, -0.05) is 0 Å². The second-order valence-corrected chi connectivity index (χ2v) is 19.3. The van der Waals surface area contributed by atoms with E-state index in [-0.39, 0.29) is 80.1 Å². The predicted molar refractivity (Wildman–Crippen MR) is 308 cm³/mol. The summed E-state index contributed by atoms with van der Waals surface area (Å²) < 4.78 is 21.1. The van der Waals surface area contributed by atoms with Crippen LogP contribution in [0.3, 0.4) is 0 Å². The first kappa shape index (κ1) is 66.1. The number of hydrogen-bond acceptors (Lipinski definition) is 19. The first-order chi connectivity index (χ1) is 39.2. The van der Waals surface area contributed by atoms with Gasteiger partial charge in [0.1, 0.15) is 23.3 Å². The van der Waals surface area contributed by atoms with E-state index in [2.05, 4.69) is 73.1 Å². The Balaban J connectivity index is 0.000000237. The monoisotopic (exact) mass is 1260 g/mol. The molecular weight excluding hydrogens is 1200 g/mol. The van der Waals surface area contributed by atoms with E-state index in [1.165, 1.54) is 35.1 Å². The van der Waals surface area contributed by atoms with E-state index in [0.717, 1.165) is 42.8 Å². The number of fused-ring (bicyclic) bond motifs is 3. The standard InChI is InChI=1S/C16H19N3O4.C15H17N3O5.C12H14BrN3O3.C11H16BrN3O2/c1-3-23-14(21)6-7-19-10-13-8-12(5-4-11(2)20)9-17-15(13)18-16(19)22;1-2-23-13(21)5-6-18-9-11-7-10(3-4-12(19)20)8-16-14(11)17-15(18)22;1-2-19-10(17)3-4-16-7-8-5-9(13)6-14-11(8)15-12(16)18;1-2-17-10(16)3-4-14-6-8-5-9(12)7-15-11(8)13/h4-5,8-9H,3,6-7,10H2,1-2H3,(H,17,18,22);3-4,7-8H,2,5-6,9H2,1H3,(H,19,20)(H,16,17,22);5-6H,2-4,7H2,1H3,(H,14,15,18);5,7,14H,2-4,6H2,1H3,(H2,13,15)/b5-4+;4-3+;;. The largest absolute Gasteiger partial charge is 0.478 e. The van der Waals surface area contributed by atoms with E-state index in [9.17, 15) is 43.2 Å². The van der Waals surface area contributed by atoms with Crippen LogP contribution in [0.2, 0.25) is 0 Å². The van der Waals surface area contributed by atoms with Crippen LogP contribution in [0.25, 0.3) is 12.2 Å². The molecule has 0 unspecified atom stereocenters. The summed E-state index contributed by atoms with van der Waals surface area (Å²) in [5.74, 6) is -0.271. The van der Waals surface area contributed by atoms with E-state index in [1.807, 2.05) is 18.2 Å². The number of carbonyl (C=O) groups excluding carboxylic acids is 8. The van der Waals surface area contributed by atoms with Crippen LogP contribution in [0.5, 0.6) is 0 Å². The number of anilines is 4. The lowest BCUT2D eigenvalue weighted by Crippen LogP contribution is -2.40.